The summed E-state index contributed by atoms with van der Waals surface area (Å²) in [6.45, 7) is 19.6. The number of primary amides is 1. The molecule has 3 aromatic rings. The molecule has 0 spiro atoms. The zero-order valence-electron chi connectivity index (χ0n) is 73.5. The number of aliphatic imine (C=N–C) groups is 2. The molecule has 7 heterocycles. The largest absolute Gasteiger partial charge is 0.481 e. The number of aromatic amines is 3. The minimum absolute atomic E-state index is 0.0276. The van der Waals surface area contributed by atoms with Gasteiger partial charge in [0.2, 0.25) is 65.0 Å². The van der Waals surface area contributed by atoms with Crippen molar-refractivity contribution in [2.75, 3.05) is 34.0 Å². The summed E-state index contributed by atoms with van der Waals surface area (Å²) in [6.07, 6.45) is -4.46. The molecule has 7 rings (SSSR count). The number of anilines is 3. The van der Waals surface area contributed by atoms with Crippen LogP contribution >= 0.6 is 43.2 Å². The van der Waals surface area contributed by atoms with Gasteiger partial charge in [-0.3, -0.25) is 77.2 Å². The lowest BCUT2D eigenvalue weighted by atomic mass is 10.0. The number of unbranched alkanes of at least 4 members (excludes halogenated alkanes) is 1. The molecule has 0 saturated heterocycles. The summed E-state index contributed by atoms with van der Waals surface area (Å²) in [4.78, 5) is 243. The van der Waals surface area contributed by atoms with Crippen molar-refractivity contribution < 1.29 is 107 Å². The number of fused-ring (bicyclic) bond motifs is 6. The smallest absolute Gasteiger partial charge is 0.326 e. The van der Waals surface area contributed by atoms with Gasteiger partial charge in [0.15, 0.2) is 5.84 Å². The van der Waals surface area contributed by atoms with E-state index in [2.05, 4.69) is 94.4 Å². The summed E-state index contributed by atoms with van der Waals surface area (Å²) >= 11 is 0. The maximum atomic E-state index is 15.5. The van der Waals surface area contributed by atoms with Crippen molar-refractivity contribution in [3.63, 3.8) is 0 Å². The Balaban J connectivity index is 1.38. The summed E-state index contributed by atoms with van der Waals surface area (Å²) < 4.78 is 0. The molecule has 4 aliphatic heterocycles. The molecule has 29 N–H and O–H groups in total. The topological polar surface area (TPSA) is 726 Å². The molecule has 0 radical (unpaired) electrons. The number of hydrogen-bond donors (Lipinski definition) is 26. The van der Waals surface area contributed by atoms with Gasteiger partial charge in [-0.05, 0) is 153 Å². The van der Waals surface area contributed by atoms with Gasteiger partial charge >= 0.3 is 29.8 Å². The van der Waals surface area contributed by atoms with Gasteiger partial charge in [0.05, 0.1) is 24.2 Å². The number of nitrogens with two attached hydrogens (primary N) is 3. The number of imidazole rings is 1. The quantitative estimate of drug-likeness (QED) is 0.0209. The van der Waals surface area contributed by atoms with Crippen LogP contribution in [-0.4, -0.2) is 265 Å². The number of H-pyrrole nitrogens is 3. The molecule has 49 heteroatoms. The van der Waals surface area contributed by atoms with E-state index < -0.39 is 253 Å². The van der Waals surface area contributed by atoms with Gasteiger partial charge in [-0.2, -0.15) is 0 Å². The van der Waals surface area contributed by atoms with Crippen LogP contribution < -0.4 is 91.6 Å². The highest BCUT2D eigenvalue weighted by Gasteiger charge is 2.42. The minimum Gasteiger partial charge on any atom is -0.481 e. The van der Waals surface area contributed by atoms with E-state index in [9.17, 15) is 88.2 Å². The first-order valence-corrected chi connectivity index (χ1v) is 46.7. The van der Waals surface area contributed by atoms with E-state index >= 15 is 19.2 Å². The number of carboxylic acid groups (broad SMARTS) is 5. The first kappa shape index (κ1) is 105. The zero-order chi connectivity index (χ0) is 95.7. The van der Waals surface area contributed by atoms with Crippen LogP contribution in [0.25, 0.3) is 0 Å². The van der Waals surface area contributed by atoms with Crippen molar-refractivity contribution in [1.82, 2.24) is 78.4 Å². The van der Waals surface area contributed by atoms with E-state index in [1.165, 1.54) is 54.9 Å². The average Bonchev–Trinajstić information content (AvgIpc) is 1.61. The molecule has 11 amide bonds. The van der Waals surface area contributed by atoms with Gasteiger partial charge in [0, 0.05) is 83.4 Å². The predicted molar refractivity (Wildman–Crippen MR) is 483 cm³/mol. The van der Waals surface area contributed by atoms with Crippen molar-refractivity contribution >= 4 is 173 Å². The van der Waals surface area contributed by atoms with E-state index in [1.807, 2.05) is 27.7 Å². The fraction of sp³-hybridized carbons (Fsp3) is 0.588. The summed E-state index contributed by atoms with van der Waals surface area (Å²) in [7, 11) is 4.50. The average molecular weight is 1880 g/mol. The number of aliphatic carboxylic acids is 5. The molecule has 0 saturated carbocycles. The molecule has 4 aliphatic rings. The fourth-order valence-electron chi connectivity index (χ4n) is 14.3. The first-order chi connectivity index (χ1) is 60.8. The number of aromatic nitrogens is 4. The number of nitrogens with one attached hydrogen (secondary N) is 17. The van der Waals surface area contributed by atoms with Gasteiger partial charge in [-0.1, -0.05) is 70.9 Å². The highest BCUT2D eigenvalue weighted by molar-refractivity contribution is 8.77. The molecule has 16 unspecified atom stereocenters. The number of amides is 11. The van der Waals surface area contributed by atoms with Crippen LogP contribution in [0.2, 0.25) is 0 Å². The van der Waals surface area contributed by atoms with E-state index in [1.54, 1.807) is 27.7 Å². The monoisotopic (exact) mass is 1880 g/mol. The number of carbonyl (C=O) groups is 16. The Morgan fingerprint density at radius 1 is 0.581 bits per heavy atom. The Labute approximate surface area is 758 Å². The summed E-state index contributed by atoms with van der Waals surface area (Å²) in [5.74, 6) is -17.9. The molecular weight excluding hydrogens is 1760 g/mol. The molecule has 9 bridgehead atoms. The normalized spacial score (nSPS) is 21.2. The van der Waals surface area contributed by atoms with E-state index in [0.717, 1.165) is 28.5 Å². The van der Waals surface area contributed by atoms with Crippen molar-refractivity contribution in [1.29, 1.82) is 0 Å². The Morgan fingerprint density at radius 2 is 1.18 bits per heavy atom. The van der Waals surface area contributed by atoms with Crippen molar-refractivity contribution in [3.8, 4) is 0 Å². The zero-order valence-corrected chi connectivity index (χ0v) is 76.8. The van der Waals surface area contributed by atoms with Gasteiger partial charge in [0.25, 0.3) is 0 Å². The van der Waals surface area contributed by atoms with Crippen LogP contribution in [-0.2, 0) is 89.6 Å². The third-order valence-corrected chi connectivity index (χ3v) is 27.4. The van der Waals surface area contributed by atoms with E-state index in [4.69, 9.17) is 27.2 Å². The summed E-state index contributed by atoms with van der Waals surface area (Å²) in [5.41, 5.74) is 22.6. The number of amidine groups is 2. The third-order valence-electron chi connectivity index (χ3n) is 21.8. The SMILES string of the molecule is CC1=C2C3=NC1=Nc1[nH]c(c(C)c1C(C)SSCC(C(=O)NC(Cc1c[nH]cn1)C(=O)NC(C(=O)NC(C(=O)NC(CCC(=O)O)C(=O)O)C(C)C)C(C)O)NC(=O)C(CCC(N)=O)NC(=O)C(C)NC(=O)C(NC(=O)C(CCCCN)NC(=O)C(CCC(=O)O)NC(=O)C(N)C(C)C)CSSC2C)NC1NC(Nc2[nH]c(c(C)c2CCC(=O)O)N3)C(CCC(=O)O)=C1C. The standard InChI is InChI=1S/C80H119N23O22S4/c1-32(2)59(83)77(121)89-47(19-24-55(110)111)72(116)88-45(15-13-14-26-81)71(115)92-50-29-126-128-41(12)58-37(8)65-101-68(58)99-63-35(6)44(17-23-54(108)109)67(98-63)103-66-43(16-22-53(106)107)34(5)62(97-66)96-64-36(7)57(69(100-64)102-65)40(11)129-127-30-51(93-73(117)46(18-21-52(82)105)87-70(114)38(9)86-75(50)119)76(120)91-49(27-42-28-84-31-85-42)74(118)95-61(39(10)104)79(123)94-60(33(3)4)78(122)90-48(80(124)125)20-25-56(112)113/h28,31-33,38-41,45-51,59-62,66,96-98,100,103-104H,13-27,29-30,81,83H2,1-12H3,(H2,82,105)(H,84,85)(H,86,119)(H,87,114)(H,88,116)(H,89,121)(H,90,122)(H,91,120)(H,92,115)(H,93,117)(H,94,123)(H,95,118)(H,106,107)(H,108,109)(H,110,111)(H,112,113)(H,124,125)(H,99,101,102). The van der Waals surface area contributed by atoms with E-state index in [0.29, 0.717) is 68.4 Å². The lowest BCUT2D eigenvalue weighted by Crippen LogP contribution is -2.62. The molecule has 0 aromatic carbocycles. The Kier molecular flexibility index (Phi) is 39.8. The molecule has 3 aromatic heterocycles. The lowest BCUT2D eigenvalue weighted by molar-refractivity contribution is -0.144. The first-order valence-electron chi connectivity index (χ1n) is 42.0. The Bertz CT molecular complexity index is 4760. The van der Waals surface area contributed by atoms with Crippen LogP contribution in [0.4, 0.5) is 23.3 Å². The number of carboxylic acids is 5. The number of rotatable bonds is 39. The maximum absolute atomic E-state index is 15.5. The van der Waals surface area contributed by atoms with Gasteiger partial charge in [-0.15, -0.1) is 0 Å². The maximum Gasteiger partial charge on any atom is 0.326 e. The highest BCUT2D eigenvalue weighted by Crippen LogP contribution is 2.47. The molecule has 16 atom stereocenters. The second-order valence-electron chi connectivity index (χ2n) is 32.4. The second-order valence-corrected chi connectivity index (χ2v) is 37.9. The van der Waals surface area contributed by atoms with Gasteiger partial charge in [0.1, 0.15) is 102 Å². The van der Waals surface area contributed by atoms with Crippen LogP contribution in [0.3, 0.4) is 0 Å². The Morgan fingerprint density at radius 3 is 1.79 bits per heavy atom. The molecule has 129 heavy (non-hydrogen) atoms. The number of aliphatic hydroxyl groups is 1. The summed E-state index contributed by atoms with van der Waals surface area (Å²) in [5, 5.41) is 98.3. The fourth-order valence-corrected chi connectivity index (χ4v) is 19.5. The summed E-state index contributed by atoms with van der Waals surface area (Å²) in [6, 6.07) is -17.9. The predicted octanol–water partition coefficient (Wildman–Crippen LogP) is 0.410. The number of hydrogen-bond acceptors (Lipinski definition) is 30. The molecule has 0 fully saturated rings. The molecule has 45 nitrogen and oxygen atoms in total. The van der Waals surface area contributed by atoms with Gasteiger partial charge < -0.3 is 132 Å². The number of aliphatic hydroxyl groups excluding tert-OH is 1. The lowest BCUT2D eigenvalue weighted by Gasteiger charge is -2.29. The Hall–Kier alpha value is -11.2. The van der Waals surface area contributed by atoms with Crippen LogP contribution in [0.1, 0.15) is 179 Å². The van der Waals surface area contributed by atoms with Crippen LogP contribution in [0, 0.1) is 25.7 Å². The van der Waals surface area contributed by atoms with E-state index in [-0.39, 0.29) is 74.0 Å². The number of carbonyl (C=O) groups excluding carboxylic acids is 11. The van der Waals surface area contributed by atoms with Gasteiger partial charge in [-0.25, -0.2) is 19.8 Å². The second kappa shape index (κ2) is 49.0. The number of nitrogens with zero attached hydrogens (tertiary/aromatic N) is 3. The molecular formula is C80H119N23O22S4. The van der Waals surface area contributed by atoms with Crippen LogP contribution in [0.15, 0.2) is 44.8 Å². The third kappa shape index (κ3) is 30.2. The van der Waals surface area contributed by atoms with Crippen molar-refractivity contribution in [2.45, 2.75) is 268 Å². The minimum atomic E-state index is -1.93. The van der Waals surface area contributed by atoms with Crippen molar-refractivity contribution in [2.24, 2.45) is 39.0 Å². The van der Waals surface area contributed by atoms with Crippen LogP contribution in [0.5, 0.6) is 0 Å². The molecule has 0 aliphatic carbocycles. The molecule has 710 valence electrons. The highest BCUT2D eigenvalue weighted by atomic mass is 33.1. The van der Waals surface area contributed by atoms with Crippen molar-refractivity contribution in [3.05, 3.63) is 62.8 Å².